The lowest BCUT2D eigenvalue weighted by atomic mass is 10.2. The molecule has 0 saturated heterocycles. The van der Waals surface area contributed by atoms with E-state index in [2.05, 4.69) is 15.0 Å². The standard InChI is InChI=1S/C13H7Cl2N3/c14-10-4-9(5-11(15)6-10)13-17-7-8-2-1-3-16-12(8)18-13/h1-7H. The van der Waals surface area contributed by atoms with E-state index in [1.54, 1.807) is 30.6 Å². The highest BCUT2D eigenvalue weighted by Gasteiger charge is 2.05. The van der Waals surface area contributed by atoms with Gasteiger partial charge < -0.3 is 0 Å². The van der Waals surface area contributed by atoms with Crippen molar-refractivity contribution in [3.63, 3.8) is 0 Å². The lowest BCUT2D eigenvalue weighted by Gasteiger charge is -2.03. The Morgan fingerprint density at radius 1 is 0.944 bits per heavy atom. The van der Waals surface area contributed by atoms with Crippen molar-refractivity contribution in [1.82, 2.24) is 15.0 Å². The van der Waals surface area contributed by atoms with Gasteiger partial charge in [0, 0.05) is 33.4 Å². The van der Waals surface area contributed by atoms with Crippen LogP contribution < -0.4 is 0 Å². The molecule has 0 spiro atoms. The van der Waals surface area contributed by atoms with E-state index >= 15 is 0 Å². The van der Waals surface area contributed by atoms with Crippen molar-refractivity contribution in [3.8, 4) is 11.4 Å². The van der Waals surface area contributed by atoms with Gasteiger partial charge in [0.15, 0.2) is 11.5 Å². The number of hydrogen-bond donors (Lipinski definition) is 0. The fourth-order valence-corrected chi connectivity index (χ4v) is 2.21. The molecule has 88 valence electrons. The third kappa shape index (κ3) is 2.15. The van der Waals surface area contributed by atoms with Crippen LogP contribution >= 0.6 is 23.2 Å². The molecule has 0 atom stereocenters. The quantitative estimate of drug-likeness (QED) is 0.674. The summed E-state index contributed by atoms with van der Waals surface area (Å²) >= 11 is 11.9. The molecule has 0 aliphatic heterocycles. The minimum absolute atomic E-state index is 0.558. The van der Waals surface area contributed by atoms with Crippen LogP contribution in [0.5, 0.6) is 0 Å². The predicted molar refractivity (Wildman–Crippen MR) is 72.8 cm³/mol. The summed E-state index contributed by atoms with van der Waals surface area (Å²) in [4.78, 5) is 12.9. The highest BCUT2D eigenvalue weighted by molar-refractivity contribution is 6.35. The van der Waals surface area contributed by atoms with E-state index in [9.17, 15) is 0 Å². The monoisotopic (exact) mass is 275 g/mol. The molecule has 2 heterocycles. The van der Waals surface area contributed by atoms with Crippen LogP contribution in [0.15, 0.2) is 42.7 Å². The molecule has 3 rings (SSSR count). The smallest absolute Gasteiger partial charge is 0.163 e. The largest absolute Gasteiger partial charge is 0.237 e. The van der Waals surface area contributed by atoms with E-state index in [0.29, 0.717) is 21.5 Å². The van der Waals surface area contributed by atoms with Crippen LogP contribution in [-0.2, 0) is 0 Å². The van der Waals surface area contributed by atoms with Crippen molar-refractivity contribution in [2.75, 3.05) is 0 Å². The first-order chi connectivity index (χ1) is 8.72. The molecule has 0 aliphatic rings. The molecule has 2 aromatic heterocycles. The van der Waals surface area contributed by atoms with Gasteiger partial charge in [0.2, 0.25) is 0 Å². The molecule has 0 saturated carbocycles. The maximum atomic E-state index is 5.96. The van der Waals surface area contributed by atoms with Crippen LogP contribution in [0.25, 0.3) is 22.4 Å². The fraction of sp³-hybridized carbons (Fsp3) is 0. The SMILES string of the molecule is Clc1cc(Cl)cc(-c2ncc3cccnc3n2)c1. The average molecular weight is 276 g/mol. The van der Waals surface area contributed by atoms with Crippen molar-refractivity contribution in [2.24, 2.45) is 0 Å². The normalized spacial score (nSPS) is 10.8. The summed E-state index contributed by atoms with van der Waals surface area (Å²) in [6.45, 7) is 0. The average Bonchev–Trinajstić information content (AvgIpc) is 2.37. The van der Waals surface area contributed by atoms with Gasteiger partial charge in [-0.3, -0.25) is 0 Å². The van der Waals surface area contributed by atoms with Crippen LogP contribution in [-0.4, -0.2) is 15.0 Å². The minimum atomic E-state index is 0.558. The van der Waals surface area contributed by atoms with E-state index in [1.807, 2.05) is 12.1 Å². The molecule has 0 unspecified atom stereocenters. The number of aromatic nitrogens is 3. The fourth-order valence-electron chi connectivity index (χ4n) is 1.69. The van der Waals surface area contributed by atoms with Gasteiger partial charge in [0.1, 0.15) is 0 Å². The van der Waals surface area contributed by atoms with Gasteiger partial charge in [-0.15, -0.1) is 0 Å². The molecule has 0 amide bonds. The minimum Gasteiger partial charge on any atom is -0.237 e. The van der Waals surface area contributed by atoms with Crippen LogP contribution in [0.4, 0.5) is 0 Å². The molecule has 0 aliphatic carbocycles. The summed E-state index contributed by atoms with van der Waals surface area (Å²) in [6, 6.07) is 8.99. The molecular formula is C13H7Cl2N3. The van der Waals surface area contributed by atoms with Gasteiger partial charge in [0.05, 0.1) is 0 Å². The molecule has 5 heteroatoms. The highest BCUT2D eigenvalue weighted by Crippen LogP contribution is 2.25. The first-order valence-electron chi connectivity index (χ1n) is 5.26. The topological polar surface area (TPSA) is 38.7 Å². The number of hydrogen-bond acceptors (Lipinski definition) is 3. The second kappa shape index (κ2) is 4.52. The highest BCUT2D eigenvalue weighted by atomic mass is 35.5. The third-order valence-electron chi connectivity index (χ3n) is 2.48. The number of pyridine rings is 1. The number of benzene rings is 1. The van der Waals surface area contributed by atoms with Crippen molar-refractivity contribution in [2.45, 2.75) is 0 Å². The lowest BCUT2D eigenvalue weighted by molar-refractivity contribution is 1.19. The van der Waals surface area contributed by atoms with Gasteiger partial charge >= 0.3 is 0 Å². The molecule has 0 fully saturated rings. The Kier molecular flexibility index (Phi) is 2.86. The Balaban J connectivity index is 2.19. The van der Waals surface area contributed by atoms with Gasteiger partial charge in [-0.25, -0.2) is 15.0 Å². The zero-order valence-electron chi connectivity index (χ0n) is 9.14. The van der Waals surface area contributed by atoms with Crippen molar-refractivity contribution >= 4 is 34.2 Å². The number of fused-ring (bicyclic) bond motifs is 1. The van der Waals surface area contributed by atoms with Crippen molar-refractivity contribution < 1.29 is 0 Å². The van der Waals surface area contributed by atoms with Gasteiger partial charge in [-0.05, 0) is 30.3 Å². The number of rotatable bonds is 1. The predicted octanol–water partition coefficient (Wildman–Crippen LogP) is 4.00. The molecule has 0 N–H and O–H groups in total. The summed E-state index contributed by atoms with van der Waals surface area (Å²) < 4.78 is 0. The number of nitrogens with zero attached hydrogens (tertiary/aromatic N) is 3. The maximum absolute atomic E-state index is 5.96. The Hall–Kier alpha value is -1.71. The van der Waals surface area contributed by atoms with Crippen molar-refractivity contribution in [1.29, 1.82) is 0 Å². The van der Waals surface area contributed by atoms with Crippen LogP contribution in [0.2, 0.25) is 10.0 Å². The summed E-state index contributed by atoms with van der Waals surface area (Å²) in [5.74, 6) is 0.561. The second-order valence-electron chi connectivity index (χ2n) is 3.77. The van der Waals surface area contributed by atoms with E-state index in [-0.39, 0.29) is 0 Å². The summed E-state index contributed by atoms with van der Waals surface area (Å²) in [6.07, 6.45) is 3.43. The molecular weight excluding hydrogens is 269 g/mol. The van der Waals surface area contributed by atoms with E-state index in [0.717, 1.165) is 10.9 Å². The Morgan fingerprint density at radius 2 is 1.72 bits per heavy atom. The summed E-state index contributed by atoms with van der Waals surface area (Å²) in [5, 5.41) is 2.01. The second-order valence-corrected chi connectivity index (χ2v) is 4.64. The van der Waals surface area contributed by atoms with E-state index in [1.165, 1.54) is 0 Å². The zero-order valence-corrected chi connectivity index (χ0v) is 10.7. The summed E-state index contributed by atoms with van der Waals surface area (Å²) in [5.41, 5.74) is 1.43. The molecule has 0 radical (unpaired) electrons. The van der Waals surface area contributed by atoms with Gasteiger partial charge in [0.25, 0.3) is 0 Å². The Bertz CT molecular complexity index is 708. The zero-order chi connectivity index (χ0) is 12.5. The van der Waals surface area contributed by atoms with Crippen LogP contribution in [0.3, 0.4) is 0 Å². The maximum Gasteiger partial charge on any atom is 0.163 e. The Morgan fingerprint density at radius 3 is 2.50 bits per heavy atom. The van der Waals surface area contributed by atoms with Gasteiger partial charge in [-0.1, -0.05) is 23.2 Å². The van der Waals surface area contributed by atoms with Crippen LogP contribution in [0, 0.1) is 0 Å². The van der Waals surface area contributed by atoms with E-state index in [4.69, 9.17) is 23.2 Å². The Labute approximate surface area is 113 Å². The summed E-state index contributed by atoms with van der Waals surface area (Å²) in [7, 11) is 0. The molecule has 18 heavy (non-hydrogen) atoms. The van der Waals surface area contributed by atoms with Gasteiger partial charge in [-0.2, -0.15) is 0 Å². The van der Waals surface area contributed by atoms with E-state index < -0.39 is 0 Å². The third-order valence-corrected chi connectivity index (χ3v) is 2.91. The molecule has 1 aromatic carbocycles. The number of halogens is 2. The van der Waals surface area contributed by atoms with Crippen LogP contribution in [0.1, 0.15) is 0 Å². The molecule has 3 nitrogen and oxygen atoms in total. The molecule has 3 aromatic rings. The lowest BCUT2D eigenvalue weighted by Crippen LogP contribution is -1.91. The first kappa shape index (κ1) is 11.4. The molecule has 0 bridgehead atoms. The van der Waals surface area contributed by atoms with Crippen molar-refractivity contribution in [3.05, 3.63) is 52.8 Å². The first-order valence-corrected chi connectivity index (χ1v) is 6.02.